The van der Waals surface area contributed by atoms with E-state index in [2.05, 4.69) is 26.0 Å². The van der Waals surface area contributed by atoms with Gasteiger partial charge in [0, 0.05) is 23.1 Å². The van der Waals surface area contributed by atoms with Gasteiger partial charge in [-0.05, 0) is 44.0 Å². The molecule has 1 aromatic carbocycles. The van der Waals surface area contributed by atoms with Gasteiger partial charge < -0.3 is 30.0 Å². The van der Waals surface area contributed by atoms with E-state index in [1.807, 2.05) is 13.8 Å². The largest absolute Gasteiger partial charge is 0.392 e. The zero-order valence-electron chi connectivity index (χ0n) is 20.0. The fourth-order valence-corrected chi connectivity index (χ4v) is 2.68. The van der Waals surface area contributed by atoms with Gasteiger partial charge in [-0.1, -0.05) is 17.2 Å². The number of anilines is 1. The van der Waals surface area contributed by atoms with Crippen LogP contribution in [0.2, 0.25) is 0 Å². The number of azide groups is 1. The van der Waals surface area contributed by atoms with Crippen molar-refractivity contribution in [2.45, 2.75) is 52.0 Å². The van der Waals surface area contributed by atoms with E-state index in [1.165, 1.54) is 0 Å². The molecule has 0 fully saturated rings. The highest BCUT2D eigenvalue weighted by Crippen LogP contribution is 2.10. The molecule has 0 saturated heterocycles. The maximum Gasteiger partial charge on any atom is 0.241 e. The molecule has 2 amide bonds. The Kier molecular flexibility index (Phi) is 15.3. The number of aliphatic hydroxyl groups is 1. The lowest BCUT2D eigenvalue weighted by atomic mass is 10.2. The van der Waals surface area contributed by atoms with Crippen molar-refractivity contribution in [2.24, 2.45) is 5.11 Å². The van der Waals surface area contributed by atoms with Crippen molar-refractivity contribution in [3.05, 3.63) is 40.3 Å². The minimum atomic E-state index is -0.733. The predicted octanol–water partition coefficient (Wildman–Crippen LogP) is 1.70. The van der Waals surface area contributed by atoms with E-state index in [-0.39, 0.29) is 37.7 Å². The van der Waals surface area contributed by atoms with Crippen molar-refractivity contribution in [1.82, 2.24) is 10.6 Å². The van der Waals surface area contributed by atoms with Gasteiger partial charge in [0.2, 0.25) is 11.8 Å². The maximum atomic E-state index is 12.4. The Balaban J connectivity index is 2.18. The lowest BCUT2D eigenvalue weighted by molar-refractivity contribution is -0.122. The van der Waals surface area contributed by atoms with Crippen molar-refractivity contribution in [3.63, 3.8) is 0 Å². The van der Waals surface area contributed by atoms with Gasteiger partial charge in [0.15, 0.2) is 0 Å². The van der Waals surface area contributed by atoms with Crippen molar-refractivity contribution in [3.8, 4) is 0 Å². The number of benzene rings is 1. The second-order valence-corrected chi connectivity index (χ2v) is 7.73. The van der Waals surface area contributed by atoms with E-state index >= 15 is 0 Å². The van der Waals surface area contributed by atoms with Crippen LogP contribution in [0.1, 0.15) is 32.8 Å². The molecule has 0 aliphatic carbocycles. The SMILES string of the molecule is CC(C)NC(=O)CCOCCOCCOC[C@H](N=[N+]=[N-])N[C@@H](C)C(=O)Nc1ccc(CO)cc1. The smallest absolute Gasteiger partial charge is 0.241 e. The van der Waals surface area contributed by atoms with Crippen LogP contribution in [0.25, 0.3) is 10.4 Å². The molecular formula is C22H36N6O6. The number of hydrogen-bond donors (Lipinski definition) is 4. The average molecular weight is 481 g/mol. The third-order valence-corrected chi connectivity index (χ3v) is 4.37. The third-order valence-electron chi connectivity index (χ3n) is 4.37. The summed E-state index contributed by atoms with van der Waals surface area (Å²) in [4.78, 5) is 26.6. The topological polar surface area (TPSA) is 167 Å². The predicted molar refractivity (Wildman–Crippen MR) is 127 cm³/mol. The van der Waals surface area contributed by atoms with Gasteiger partial charge in [-0.15, -0.1) is 0 Å². The number of nitrogens with zero attached hydrogens (tertiary/aromatic N) is 3. The minimum absolute atomic E-state index is 0.0454. The van der Waals surface area contributed by atoms with E-state index in [9.17, 15) is 9.59 Å². The number of carbonyl (C=O) groups excluding carboxylic acids is 2. The summed E-state index contributed by atoms with van der Waals surface area (Å²) in [6, 6.07) is 6.28. The molecule has 0 unspecified atom stereocenters. The molecule has 2 atom stereocenters. The summed E-state index contributed by atoms with van der Waals surface area (Å²) in [5.74, 6) is -0.351. The van der Waals surface area contributed by atoms with Crippen LogP contribution in [0, 0.1) is 0 Å². The van der Waals surface area contributed by atoms with Crippen LogP contribution in [0.15, 0.2) is 29.4 Å². The molecule has 1 aromatic rings. The first-order valence-corrected chi connectivity index (χ1v) is 11.2. The number of hydrogen-bond acceptors (Lipinski definition) is 8. The molecule has 190 valence electrons. The monoisotopic (exact) mass is 480 g/mol. The Labute approximate surface area is 200 Å². The molecule has 0 saturated carbocycles. The second kappa shape index (κ2) is 17.7. The lowest BCUT2D eigenvalue weighted by Gasteiger charge is -2.19. The standard InChI is InChI=1S/C22H36N6O6/c1-16(2)24-21(30)8-9-32-10-11-33-12-13-34-15-20(27-28-23)25-17(3)22(31)26-19-6-4-18(14-29)5-7-19/h4-7,16-17,20,25,29H,8-15H2,1-3H3,(H,24,30)(H,26,31)/t17-,20-/m0/s1. The quantitative estimate of drug-likeness (QED) is 0.107. The second-order valence-electron chi connectivity index (χ2n) is 7.73. The van der Waals surface area contributed by atoms with Crippen LogP contribution < -0.4 is 16.0 Å². The highest BCUT2D eigenvalue weighted by atomic mass is 16.5. The van der Waals surface area contributed by atoms with Crippen LogP contribution in [-0.4, -0.2) is 74.8 Å². The highest BCUT2D eigenvalue weighted by Gasteiger charge is 2.17. The molecule has 0 aliphatic heterocycles. The summed E-state index contributed by atoms with van der Waals surface area (Å²) < 4.78 is 16.2. The van der Waals surface area contributed by atoms with Gasteiger partial charge in [0.1, 0.15) is 6.17 Å². The van der Waals surface area contributed by atoms with Gasteiger partial charge in [0.25, 0.3) is 0 Å². The lowest BCUT2D eigenvalue weighted by Crippen LogP contribution is -2.45. The number of amides is 2. The van der Waals surface area contributed by atoms with Gasteiger partial charge in [-0.2, -0.15) is 0 Å². The van der Waals surface area contributed by atoms with E-state index in [4.69, 9.17) is 24.8 Å². The molecule has 0 radical (unpaired) electrons. The number of nitrogens with one attached hydrogen (secondary N) is 3. The van der Waals surface area contributed by atoms with Gasteiger partial charge in [0.05, 0.1) is 52.3 Å². The van der Waals surface area contributed by atoms with Crippen LogP contribution in [-0.2, 0) is 30.4 Å². The number of carbonyl (C=O) groups is 2. The van der Waals surface area contributed by atoms with Crippen molar-refractivity contribution >= 4 is 17.5 Å². The molecule has 12 nitrogen and oxygen atoms in total. The van der Waals surface area contributed by atoms with E-state index in [0.29, 0.717) is 38.5 Å². The van der Waals surface area contributed by atoms with E-state index in [0.717, 1.165) is 5.56 Å². The highest BCUT2D eigenvalue weighted by molar-refractivity contribution is 5.94. The molecule has 34 heavy (non-hydrogen) atoms. The Morgan fingerprint density at radius 3 is 2.24 bits per heavy atom. The van der Waals surface area contributed by atoms with Crippen LogP contribution >= 0.6 is 0 Å². The van der Waals surface area contributed by atoms with Gasteiger partial charge >= 0.3 is 0 Å². The first-order valence-electron chi connectivity index (χ1n) is 11.2. The number of aliphatic hydroxyl groups excluding tert-OH is 1. The van der Waals surface area contributed by atoms with Crippen molar-refractivity contribution in [1.29, 1.82) is 0 Å². The van der Waals surface area contributed by atoms with Crippen LogP contribution in [0.3, 0.4) is 0 Å². The number of ether oxygens (including phenoxy) is 3. The summed E-state index contributed by atoms with van der Waals surface area (Å²) in [5, 5.41) is 21.1. The molecule has 0 spiro atoms. The molecule has 12 heteroatoms. The molecular weight excluding hydrogens is 444 g/mol. The van der Waals surface area contributed by atoms with Gasteiger partial charge in [-0.3, -0.25) is 14.9 Å². The fraction of sp³-hybridized carbons (Fsp3) is 0.636. The van der Waals surface area contributed by atoms with Crippen molar-refractivity contribution in [2.75, 3.05) is 45.0 Å². The molecule has 0 aromatic heterocycles. The van der Waals surface area contributed by atoms with E-state index < -0.39 is 12.2 Å². The Hall–Kier alpha value is -2.73. The summed E-state index contributed by atoms with van der Waals surface area (Å²) >= 11 is 0. The Morgan fingerprint density at radius 2 is 1.65 bits per heavy atom. The summed E-state index contributed by atoms with van der Waals surface area (Å²) in [5.41, 5.74) is 10.1. The summed E-state index contributed by atoms with van der Waals surface area (Å²) in [6.45, 7) is 7.10. The van der Waals surface area contributed by atoms with Crippen molar-refractivity contribution < 1.29 is 28.9 Å². The minimum Gasteiger partial charge on any atom is -0.392 e. The average Bonchev–Trinajstić information content (AvgIpc) is 2.80. The zero-order chi connectivity index (χ0) is 25.2. The normalized spacial score (nSPS) is 12.6. The number of rotatable bonds is 18. The fourth-order valence-electron chi connectivity index (χ4n) is 2.68. The molecule has 0 heterocycles. The summed E-state index contributed by atoms with van der Waals surface area (Å²) in [7, 11) is 0. The molecule has 0 bridgehead atoms. The van der Waals surface area contributed by atoms with Gasteiger partial charge in [-0.25, -0.2) is 0 Å². The zero-order valence-corrected chi connectivity index (χ0v) is 20.0. The van der Waals surface area contributed by atoms with E-state index in [1.54, 1.807) is 31.2 Å². The molecule has 4 N–H and O–H groups in total. The Bertz CT molecular complexity index is 770. The summed E-state index contributed by atoms with van der Waals surface area (Å²) in [6.07, 6.45) is -0.426. The first-order chi connectivity index (χ1) is 16.3. The maximum absolute atomic E-state index is 12.4. The Morgan fingerprint density at radius 1 is 1.03 bits per heavy atom. The molecule has 0 aliphatic rings. The third kappa shape index (κ3) is 13.7. The molecule has 1 rings (SSSR count). The van der Waals surface area contributed by atoms with Crippen LogP contribution in [0.5, 0.6) is 0 Å². The first kappa shape index (κ1) is 29.3. The van der Waals surface area contributed by atoms with Crippen LogP contribution in [0.4, 0.5) is 5.69 Å².